The van der Waals surface area contributed by atoms with Gasteiger partial charge in [-0.15, -0.1) is 0 Å². The Bertz CT molecular complexity index is 706. The summed E-state index contributed by atoms with van der Waals surface area (Å²) in [6.07, 6.45) is 0. The number of para-hydroxylation sites is 1. The van der Waals surface area contributed by atoms with Gasteiger partial charge < -0.3 is 14.5 Å². The SMILES string of the molecule is CCN1CCN(C(=S)c2ccccc2OCc2ccc(C)cc2)CC1. The van der Waals surface area contributed by atoms with Crippen LogP contribution in [0, 0.1) is 6.92 Å². The zero-order valence-electron chi connectivity index (χ0n) is 15.1. The Labute approximate surface area is 156 Å². The Balaban J connectivity index is 1.68. The number of piperazine rings is 1. The lowest BCUT2D eigenvalue weighted by Crippen LogP contribution is -2.48. The van der Waals surface area contributed by atoms with E-state index < -0.39 is 0 Å². The summed E-state index contributed by atoms with van der Waals surface area (Å²) >= 11 is 5.78. The van der Waals surface area contributed by atoms with Crippen molar-refractivity contribution in [3.8, 4) is 5.75 Å². The summed E-state index contributed by atoms with van der Waals surface area (Å²) < 4.78 is 6.09. The number of rotatable bonds is 5. The molecule has 0 atom stereocenters. The summed E-state index contributed by atoms with van der Waals surface area (Å²) in [5.74, 6) is 0.867. The fourth-order valence-electron chi connectivity index (χ4n) is 3.05. The Hall–Kier alpha value is -1.91. The van der Waals surface area contributed by atoms with Crippen molar-refractivity contribution in [3.63, 3.8) is 0 Å². The molecule has 0 radical (unpaired) electrons. The second-order valence-corrected chi connectivity index (χ2v) is 6.88. The van der Waals surface area contributed by atoms with Crippen molar-refractivity contribution in [2.24, 2.45) is 0 Å². The summed E-state index contributed by atoms with van der Waals surface area (Å²) in [4.78, 5) is 5.66. The number of likely N-dealkylation sites (N-methyl/N-ethyl adjacent to an activating group) is 1. The molecule has 3 rings (SSSR count). The highest BCUT2D eigenvalue weighted by Crippen LogP contribution is 2.22. The molecular formula is C21H26N2OS. The van der Waals surface area contributed by atoms with Crippen LogP contribution < -0.4 is 4.74 Å². The molecule has 0 N–H and O–H groups in total. The normalized spacial score (nSPS) is 15.2. The molecule has 0 spiro atoms. The second kappa shape index (κ2) is 8.45. The highest BCUT2D eigenvalue weighted by Gasteiger charge is 2.20. The van der Waals surface area contributed by atoms with Gasteiger partial charge in [0.15, 0.2) is 0 Å². The number of aryl methyl sites for hydroxylation is 1. The van der Waals surface area contributed by atoms with Gasteiger partial charge in [0.05, 0.1) is 5.56 Å². The van der Waals surface area contributed by atoms with Crippen LogP contribution in [0.5, 0.6) is 5.75 Å². The van der Waals surface area contributed by atoms with E-state index in [0.29, 0.717) is 6.61 Å². The van der Waals surface area contributed by atoms with Gasteiger partial charge in [-0.05, 0) is 31.2 Å². The van der Waals surface area contributed by atoms with Gasteiger partial charge in [-0.3, -0.25) is 0 Å². The molecule has 132 valence electrons. The molecule has 25 heavy (non-hydrogen) atoms. The topological polar surface area (TPSA) is 15.7 Å². The van der Waals surface area contributed by atoms with Crippen LogP contribution >= 0.6 is 12.2 Å². The lowest BCUT2D eigenvalue weighted by molar-refractivity contribution is 0.191. The van der Waals surface area contributed by atoms with Crippen LogP contribution in [-0.4, -0.2) is 47.5 Å². The lowest BCUT2D eigenvalue weighted by Gasteiger charge is -2.36. The van der Waals surface area contributed by atoms with Gasteiger partial charge in [0.25, 0.3) is 0 Å². The van der Waals surface area contributed by atoms with E-state index in [-0.39, 0.29) is 0 Å². The van der Waals surface area contributed by atoms with E-state index >= 15 is 0 Å². The summed E-state index contributed by atoms with van der Waals surface area (Å²) in [6, 6.07) is 16.6. The number of nitrogens with zero attached hydrogens (tertiary/aromatic N) is 2. The molecule has 1 aliphatic rings. The monoisotopic (exact) mass is 354 g/mol. The van der Waals surface area contributed by atoms with Crippen molar-refractivity contribution in [2.75, 3.05) is 32.7 Å². The fourth-order valence-corrected chi connectivity index (χ4v) is 3.40. The number of ether oxygens (including phenoxy) is 1. The minimum atomic E-state index is 0.559. The number of thiocarbonyl (C=S) groups is 1. The predicted octanol–water partition coefficient (Wildman–Crippen LogP) is 3.89. The third kappa shape index (κ3) is 4.59. The first-order valence-corrected chi connectivity index (χ1v) is 9.37. The minimum Gasteiger partial charge on any atom is -0.488 e. The van der Waals surface area contributed by atoms with Gasteiger partial charge in [0, 0.05) is 26.2 Å². The molecule has 0 saturated carbocycles. The molecule has 3 nitrogen and oxygen atoms in total. The highest BCUT2D eigenvalue weighted by molar-refractivity contribution is 7.80. The molecule has 1 heterocycles. The van der Waals surface area contributed by atoms with Crippen LogP contribution in [0.25, 0.3) is 0 Å². The van der Waals surface area contributed by atoms with E-state index in [1.54, 1.807) is 0 Å². The quantitative estimate of drug-likeness (QED) is 0.757. The Kier molecular flexibility index (Phi) is 6.05. The summed E-state index contributed by atoms with van der Waals surface area (Å²) in [5.41, 5.74) is 3.45. The number of hydrogen-bond acceptors (Lipinski definition) is 3. The summed E-state index contributed by atoms with van der Waals surface area (Å²) in [7, 11) is 0. The molecule has 1 aliphatic heterocycles. The van der Waals surface area contributed by atoms with Gasteiger partial charge in [0.1, 0.15) is 17.3 Å². The van der Waals surface area contributed by atoms with Gasteiger partial charge in [-0.25, -0.2) is 0 Å². The first-order valence-electron chi connectivity index (χ1n) is 8.96. The molecule has 2 aromatic carbocycles. The van der Waals surface area contributed by atoms with Crippen molar-refractivity contribution in [1.29, 1.82) is 0 Å². The van der Waals surface area contributed by atoms with E-state index in [2.05, 4.69) is 54.0 Å². The van der Waals surface area contributed by atoms with Crippen LogP contribution in [0.15, 0.2) is 48.5 Å². The molecular weight excluding hydrogens is 328 g/mol. The lowest BCUT2D eigenvalue weighted by atomic mass is 10.1. The summed E-state index contributed by atoms with van der Waals surface area (Å²) in [5, 5.41) is 0. The first kappa shape index (κ1) is 17.9. The first-order chi connectivity index (χ1) is 12.2. The van der Waals surface area contributed by atoms with Gasteiger partial charge >= 0.3 is 0 Å². The molecule has 0 unspecified atom stereocenters. The van der Waals surface area contributed by atoms with Crippen molar-refractivity contribution < 1.29 is 4.74 Å². The fraction of sp³-hybridized carbons (Fsp3) is 0.381. The number of benzene rings is 2. The van der Waals surface area contributed by atoms with Crippen LogP contribution in [-0.2, 0) is 6.61 Å². The van der Waals surface area contributed by atoms with Crippen molar-refractivity contribution in [2.45, 2.75) is 20.5 Å². The predicted molar refractivity (Wildman–Crippen MR) is 107 cm³/mol. The third-order valence-corrected chi connectivity index (χ3v) is 5.22. The Morgan fingerprint density at radius 3 is 2.36 bits per heavy atom. The van der Waals surface area contributed by atoms with E-state index in [4.69, 9.17) is 17.0 Å². The molecule has 0 aliphatic carbocycles. The van der Waals surface area contributed by atoms with Gasteiger partial charge in [0.2, 0.25) is 0 Å². The molecule has 0 amide bonds. The van der Waals surface area contributed by atoms with E-state index in [0.717, 1.165) is 49.0 Å². The second-order valence-electron chi connectivity index (χ2n) is 6.50. The Morgan fingerprint density at radius 2 is 1.68 bits per heavy atom. The molecule has 4 heteroatoms. The van der Waals surface area contributed by atoms with Gasteiger partial charge in [-0.2, -0.15) is 0 Å². The average molecular weight is 355 g/mol. The maximum absolute atomic E-state index is 6.09. The maximum Gasteiger partial charge on any atom is 0.130 e. The van der Waals surface area contributed by atoms with Crippen LogP contribution in [0.1, 0.15) is 23.6 Å². The van der Waals surface area contributed by atoms with E-state index in [9.17, 15) is 0 Å². The van der Waals surface area contributed by atoms with E-state index in [1.165, 1.54) is 11.1 Å². The average Bonchev–Trinajstić information content (AvgIpc) is 2.67. The Morgan fingerprint density at radius 1 is 1.00 bits per heavy atom. The van der Waals surface area contributed by atoms with Crippen LogP contribution in [0.3, 0.4) is 0 Å². The van der Waals surface area contributed by atoms with Crippen LogP contribution in [0.4, 0.5) is 0 Å². The standard InChI is InChI=1S/C21H26N2OS/c1-3-22-12-14-23(15-13-22)21(25)19-6-4-5-7-20(19)24-16-18-10-8-17(2)9-11-18/h4-11H,3,12-16H2,1-2H3. The van der Waals surface area contributed by atoms with Gasteiger partial charge in [-0.1, -0.05) is 61.1 Å². The van der Waals surface area contributed by atoms with E-state index in [1.807, 2.05) is 18.2 Å². The highest BCUT2D eigenvalue weighted by atomic mass is 32.1. The summed E-state index contributed by atoms with van der Waals surface area (Å²) in [6.45, 7) is 10.1. The van der Waals surface area contributed by atoms with Crippen LogP contribution in [0.2, 0.25) is 0 Å². The molecule has 2 aromatic rings. The molecule has 1 saturated heterocycles. The molecule has 0 aromatic heterocycles. The maximum atomic E-state index is 6.09. The molecule has 0 bridgehead atoms. The number of hydrogen-bond donors (Lipinski definition) is 0. The van der Waals surface area contributed by atoms with Crippen molar-refractivity contribution in [1.82, 2.24) is 9.80 Å². The minimum absolute atomic E-state index is 0.559. The largest absolute Gasteiger partial charge is 0.488 e. The smallest absolute Gasteiger partial charge is 0.130 e. The third-order valence-electron chi connectivity index (χ3n) is 4.74. The van der Waals surface area contributed by atoms with Crippen molar-refractivity contribution >= 4 is 17.2 Å². The zero-order chi connectivity index (χ0) is 17.6. The zero-order valence-corrected chi connectivity index (χ0v) is 15.9. The van der Waals surface area contributed by atoms with Crippen molar-refractivity contribution in [3.05, 3.63) is 65.2 Å². The molecule has 1 fully saturated rings.